The van der Waals surface area contributed by atoms with Crippen molar-refractivity contribution in [3.63, 3.8) is 0 Å². The second-order valence-electron chi connectivity index (χ2n) is 11.4. The van der Waals surface area contributed by atoms with E-state index in [-0.39, 0.29) is 10.8 Å². The first-order valence-electron chi connectivity index (χ1n) is 13.5. The van der Waals surface area contributed by atoms with Crippen molar-refractivity contribution in [2.24, 2.45) is 0 Å². The Morgan fingerprint density at radius 2 is 1.17 bits per heavy atom. The van der Waals surface area contributed by atoms with E-state index < -0.39 is 8.32 Å². The molecular formula is C34H40Br2O4Si. The summed E-state index contributed by atoms with van der Waals surface area (Å²) in [5, 5.41) is 10.0. The smallest absolute Gasteiger partial charge is 0.250 e. The monoisotopic (exact) mass is 698 g/mol. The SMILES string of the molecule is COc1ccc(Cc2cccc(Br)c2)c(O)c1.COc1ccc(Cc2cccc(Br)c2)c(O[Si](C)(C)C(C)(C)C)c1. The first-order valence-corrected chi connectivity index (χ1v) is 18.0. The summed E-state index contributed by atoms with van der Waals surface area (Å²) in [6.07, 6.45) is 1.54. The Labute approximate surface area is 263 Å². The predicted octanol–water partition coefficient (Wildman–Crippen LogP) is 10.2. The maximum absolute atomic E-state index is 9.86. The van der Waals surface area contributed by atoms with Crippen LogP contribution in [0.4, 0.5) is 0 Å². The van der Waals surface area contributed by atoms with E-state index in [0.29, 0.717) is 12.2 Å². The Hall–Kier alpha value is -2.74. The second-order valence-corrected chi connectivity index (χ2v) is 18.0. The van der Waals surface area contributed by atoms with Crippen LogP contribution in [0.5, 0.6) is 23.0 Å². The molecule has 7 heteroatoms. The van der Waals surface area contributed by atoms with Crippen molar-refractivity contribution in [2.75, 3.05) is 14.2 Å². The number of ether oxygens (including phenoxy) is 2. The number of rotatable bonds is 8. The molecule has 41 heavy (non-hydrogen) atoms. The molecule has 0 atom stereocenters. The van der Waals surface area contributed by atoms with Crippen LogP contribution in [-0.2, 0) is 12.8 Å². The third kappa shape index (κ3) is 9.66. The van der Waals surface area contributed by atoms with Gasteiger partial charge in [0.15, 0.2) is 0 Å². The number of phenolic OH excluding ortho intramolecular Hbond substituents is 1. The summed E-state index contributed by atoms with van der Waals surface area (Å²) >= 11 is 6.98. The van der Waals surface area contributed by atoms with E-state index >= 15 is 0 Å². The van der Waals surface area contributed by atoms with Gasteiger partial charge in [-0.1, -0.05) is 89.0 Å². The largest absolute Gasteiger partial charge is 0.543 e. The number of phenols is 1. The molecule has 4 nitrogen and oxygen atoms in total. The van der Waals surface area contributed by atoms with Gasteiger partial charge in [0.25, 0.3) is 0 Å². The molecule has 0 unspecified atom stereocenters. The fourth-order valence-corrected chi connectivity index (χ4v) is 5.82. The molecule has 0 saturated carbocycles. The number of benzene rings is 4. The Morgan fingerprint density at radius 1 is 0.683 bits per heavy atom. The normalized spacial score (nSPS) is 11.3. The summed E-state index contributed by atoms with van der Waals surface area (Å²) < 4.78 is 19.2. The average molecular weight is 701 g/mol. The molecule has 4 rings (SSSR count). The number of hydrogen-bond acceptors (Lipinski definition) is 4. The molecular weight excluding hydrogens is 660 g/mol. The summed E-state index contributed by atoms with van der Waals surface area (Å²) in [5.74, 6) is 2.72. The van der Waals surface area contributed by atoms with Gasteiger partial charge >= 0.3 is 0 Å². The van der Waals surface area contributed by atoms with Gasteiger partial charge in [-0.05, 0) is 76.8 Å². The van der Waals surface area contributed by atoms with Gasteiger partial charge < -0.3 is 19.0 Å². The summed E-state index contributed by atoms with van der Waals surface area (Å²) in [6.45, 7) is 11.3. The topological polar surface area (TPSA) is 47.9 Å². The van der Waals surface area contributed by atoms with Gasteiger partial charge in [-0.15, -0.1) is 0 Å². The standard InChI is InChI=1S/C20H27BrO2Si.C14H13BrO2/c1-20(2,3)24(5,6)23-19-14-18(22-4)11-10-16(19)12-15-8-7-9-17(21)13-15;1-17-13-6-5-11(14(16)9-13)7-10-3-2-4-12(15)8-10/h7-11,13-14H,12H2,1-6H3;2-6,8-9,16H,7H2,1H3. The lowest BCUT2D eigenvalue weighted by atomic mass is 10.0. The number of aromatic hydroxyl groups is 1. The van der Waals surface area contributed by atoms with E-state index in [1.54, 1.807) is 20.3 Å². The van der Waals surface area contributed by atoms with Gasteiger partial charge in [0.2, 0.25) is 8.32 Å². The van der Waals surface area contributed by atoms with Crippen molar-refractivity contribution in [1.82, 2.24) is 0 Å². The zero-order chi connectivity index (χ0) is 30.2. The van der Waals surface area contributed by atoms with Crippen LogP contribution in [0.2, 0.25) is 18.1 Å². The molecule has 0 amide bonds. The summed E-state index contributed by atoms with van der Waals surface area (Å²) in [6, 6.07) is 28.0. The molecule has 4 aromatic carbocycles. The molecule has 1 N–H and O–H groups in total. The molecule has 0 aliphatic carbocycles. The highest BCUT2D eigenvalue weighted by Gasteiger charge is 2.39. The van der Waals surface area contributed by atoms with Crippen LogP contribution < -0.4 is 13.9 Å². The number of hydrogen-bond donors (Lipinski definition) is 1. The van der Waals surface area contributed by atoms with Gasteiger partial charge in [-0.3, -0.25) is 0 Å². The molecule has 4 aromatic rings. The van der Waals surface area contributed by atoms with Gasteiger partial charge in [0.05, 0.1) is 14.2 Å². The zero-order valence-corrected chi connectivity index (χ0v) is 29.1. The summed E-state index contributed by atoms with van der Waals surface area (Å²) in [5.41, 5.74) is 4.50. The first-order chi connectivity index (χ1) is 19.3. The molecule has 0 aliphatic heterocycles. The molecule has 0 aromatic heterocycles. The van der Waals surface area contributed by atoms with Gasteiger partial charge in [-0.25, -0.2) is 0 Å². The third-order valence-electron chi connectivity index (χ3n) is 7.31. The molecule has 0 saturated heterocycles. The van der Waals surface area contributed by atoms with Crippen LogP contribution in [0.15, 0.2) is 93.9 Å². The molecule has 0 aliphatic rings. The minimum absolute atomic E-state index is 0.156. The van der Waals surface area contributed by atoms with Crippen molar-refractivity contribution >= 4 is 40.2 Å². The van der Waals surface area contributed by atoms with Crippen LogP contribution in [0.3, 0.4) is 0 Å². The van der Waals surface area contributed by atoms with Crippen LogP contribution in [0.25, 0.3) is 0 Å². The lowest BCUT2D eigenvalue weighted by Crippen LogP contribution is -2.44. The van der Waals surface area contributed by atoms with Gasteiger partial charge in [0, 0.05) is 33.9 Å². The van der Waals surface area contributed by atoms with Crippen LogP contribution in [0, 0.1) is 0 Å². The van der Waals surface area contributed by atoms with E-state index in [4.69, 9.17) is 13.9 Å². The van der Waals surface area contributed by atoms with E-state index in [0.717, 1.165) is 38.0 Å². The fourth-order valence-electron chi connectivity index (χ4n) is 3.88. The first kappa shape index (κ1) is 32.8. The highest BCUT2D eigenvalue weighted by atomic mass is 79.9. The molecule has 0 bridgehead atoms. The molecule has 0 fully saturated rings. The summed E-state index contributed by atoms with van der Waals surface area (Å²) in [4.78, 5) is 0. The molecule has 218 valence electrons. The van der Waals surface area contributed by atoms with Crippen molar-refractivity contribution in [1.29, 1.82) is 0 Å². The second kappa shape index (κ2) is 14.4. The van der Waals surface area contributed by atoms with E-state index in [2.05, 4.69) is 90.0 Å². The van der Waals surface area contributed by atoms with Crippen LogP contribution >= 0.6 is 31.9 Å². The molecule has 0 radical (unpaired) electrons. The number of methoxy groups -OCH3 is 2. The fraction of sp³-hybridized carbons (Fsp3) is 0.294. The third-order valence-corrected chi connectivity index (χ3v) is 12.6. The molecule has 0 heterocycles. The Balaban J connectivity index is 0.000000239. The van der Waals surface area contributed by atoms with E-state index in [1.807, 2.05) is 54.6 Å². The maximum Gasteiger partial charge on any atom is 0.250 e. The zero-order valence-electron chi connectivity index (χ0n) is 24.9. The highest BCUT2D eigenvalue weighted by Crippen LogP contribution is 2.39. The van der Waals surface area contributed by atoms with Crippen molar-refractivity contribution in [3.8, 4) is 23.0 Å². The van der Waals surface area contributed by atoms with Crippen LogP contribution in [0.1, 0.15) is 43.0 Å². The van der Waals surface area contributed by atoms with Crippen molar-refractivity contribution in [3.05, 3.63) is 116 Å². The predicted molar refractivity (Wildman–Crippen MR) is 179 cm³/mol. The minimum Gasteiger partial charge on any atom is -0.543 e. The quantitative estimate of drug-likeness (QED) is 0.186. The number of halogens is 2. The Kier molecular flexibility index (Phi) is 11.5. The van der Waals surface area contributed by atoms with E-state index in [1.165, 1.54) is 11.1 Å². The average Bonchev–Trinajstić information content (AvgIpc) is 2.90. The lowest BCUT2D eigenvalue weighted by molar-refractivity contribution is 0.406. The Bertz CT molecular complexity index is 1450. The van der Waals surface area contributed by atoms with Crippen LogP contribution in [-0.4, -0.2) is 27.6 Å². The summed E-state index contributed by atoms with van der Waals surface area (Å²) in [7, 11) is 1.37. The van der Waals surface area contributed by atoms with Crippen molar-refractivity contribution < 1.29 is 19.0 Å². The van der Waals surface area contributed by atoms with E-state index in [9.17, 15) is 5.11 Å². The van der Waals surface area contributed by atoms with Gasteiger partial charge in [0.1, 0.15) is 23.0 Å². The van der Waals surface area contributed by atoms with Gasteiger partial charge in [-0.2, -0.15) is 0 Å². The lowest BCUT2D eigenvalue weighted by Gasteiger charge is -2.37. The maximum atomic E-state index is 9.86. The molecule has 0 spiro atoms. The van der Waals surface area contributed by atoms with Crippen molar-refractivity contribution in [2.45, 2.75) is 51.7 Å². The minimum atomic E-state index is -1.91. The Morgan fingerprint density at radius 3 is 1.63 bits per heavy atom. The highest BCUT2D eigenvalue weighted by molar-refractivity contribution is 9.10.